The largest absolute Gasteiger partial charge is 0.398 e. The molecule has 0 unspecified atom stereocenters. The Bertz CT molecular complexity index is 665. The molecule has 2 aromatic rings. The van der Waals surface area contributed by atoms with Gasteiger partial charge >= 0.3 is 0 Å². The number of rotatable bonds is 1. The number of aromatic nitrogens is 2. The van der Waals surface area contributed by atoms with Crippen molar-refractivity contribution < 1.29 is 9.63 Å². The quantitative estimate of drug-likeness (QED) is 0.710. The third-order valence-corrected chi connectivity index (χ3v) is 2.74. The molecule has 88 valence electrons. The number of hydrogen-bond donors (Lipinski definition) is 0. The van der Waals surface area contributed by atoms with Crippen LogP contribution in [0.15, 0.2) is 41.8 Å². The summed E-state index contributed by atoms with van der Waals surface area (Å²) in [5, 5.41) is 3.77. The van der Waals surface area contributed by atoms with E-state index in [2.05, 4.69) is 15.1 Å². The van der Waals surface area contributed by atoms with Gasteiger partial charge in [0.05, 0.1) is 0 Å². The predicted molar refractivity (Wildman–Crippen MR) is 65.3 cm³/mol. The van der Waals surface area contributed by atoms with Gasteiger partial charge in [-0.1, -0.05) is 17.3 Å². The van der Waals surface area contributed by atoms with Crippen molar-refractivity contribution in [2.75, 3.05) is 7.11 Å². The Labute approximate surface area is 103 Å². The van der Waals surface area contributed by atoms with E-state index in [9.17, 15) is 4.79 Å². The van der Waals surface area contributed by atoms with Crippen LogP contribution in [0.5, 0.6) is 0 Å². The first-order chi connectivity index (χ1) is 8.83. The van der Waals surface area contributed by atoms with Crippen molar-refractivity contribution in [3.05, 3.63) is 48.0 Å². The smallest absolute Gasteiger partial charge is 0.235 e. The average molecular weight is 239 g/mol. The summed E-state index contributed by atoms with van der Waals surface area (Å²) in [5.74, 6) is -0.265. The molecule has 5 nitrogen and oxygen atoms in total. The Morgan fingerprint density at radius 3 is 2.33 bits per heavy atom. The number of oxime groups is 1. The molecular formula is C13H9N3O2. The molecule has 0 saturated heterocycles. The van der Waals surface area contributed by atoms with Crippen molar-refractivity contribution in [2.45, 2.75) is 0 Å². The zero-order valence-electron chi connectivity index (χ0n) is 9.62. The van der Waals surface area contributed by atoms with Gasteiger partial charge in [-0.05, 0) is 12.1 Å². The van der Waals surface area contributed by atoms with Gasteiger partial charge in [0, 0.05) is 23.5 Å². The third kappa shape index (κ3) is 1.41. The summed E-state index contributed by atoms with van der Waals surface area (Å²) in [6.45, 7) is 0. The van der Waals surface area contributed by atoms with Gasteiger partial charge in [0.15, 0.2) is 5.71 Å². The molecule has 0 saturated carbocycles. The van der Waals surface area contributed by atoms with E-state index in [1.807, 2.05) is 18.2 Å². The number of pyridine rings is 2. The summed E-state index contributed by atoms with van der Waals surface area (Å²) in [6, 6.07) is 7.35. The normalized spacial score (nSPS) is 15.2. The van der Waals surface area contributed by atoms with Gasteiger partial charge in [0.25, 0.3) is 0 Å². The van der Waals surface area contributed by atoms with E-state index >= 15 is 0 Å². The second kappa shape index (κ2) is 4.03. The number of carbonyl (C=O) groups is 1. The average Bonchev–Trinajstić information content (AvgIpc) is 2.43. The van der Waals surface area contributed by atoms with Crippen LogP contribution in [0.1, 0.15) is 16.2 Å². The fourth-order valence-electron chi connectivity index (χ4n) is 2.01. The molecular weight excluding hydrogens is 230 g/mol. The lowest BCUT2D eigenvalue weighted by molar-refractivity contribution is 0.105. The lowest BCUT2D eigenvalue weighted by Gasteiger charge is -2.17. The summed E-state index contributed by atoms with van der Waals surface area (Å²) in [4.78, 5) is 25.3. The monoisotopic (exact) mass is 239 g/mol. The molecule has 5 heteroatoms. The molecule has 2 aromatic heterocycles. The van der Waals surface area contributed by atoms with Crippen LogP contribution in [0.25, 0.3) is 11.1 Å². The molecule has 0 atom stereocenters. The van der Waals surface area contributed by atoms with E-state index in [1.165, 1.54) is 7.11 Å². The minimum atomic E-state index is -0.265. The molecule has 2 heterocycles. The molecule has 0 spiro atoms. The minimum Gasteiger partial charge on any atom is -0.398 e. The van der Waals surface area contributed by atoms with Gasteiger partial charge in [-0.15, -0.1) is 0 Å². The van der Waals surface area contributed by atoms with Crippen LogP contribution in [-0.2, 0) is 4.84 Å². The first-order valence-electron chi connectivity index (χ1n) is 5.39. The van der Waals surface area contributed by atoms with Gasteiger partial charge in [0.1, 0.15) is 18.5 Å². The lowest BCUT2D eigenvalue weighted by atomic mass is 9.90. The van der Waals surface area contributed by atoms with E-state index in [1.54, 1.807) is 18.5 Å². The summed E-state index contributed by atoms with van der Waals surface area (Å²) in [5.41, 5.74) is 2.73. The Kier molecular flexibility index (Phi) is 2.37. The molecule has 0 aliphatic heterocycles. The van der Waals surface area contributed by atoms with Crippen molar-refractivity contribution in [3.8, 4) is 11.1 Å². The van der Waals surface area contributed by atoms with Gasteiger partial charge in [-0.2, -0.15) is 0 Å². The Morgan fingerprint density at radius 1 is 1.06 bits per heavy atom. The second-order valence-electron chi connectivity index (χ2n) is 3.75. The van der Waals surface area contributed by atoms with Gasteiger partial charge in [0.2, 0.25) is 5.78 Å². The number of carbonyl (C=O) groups excluding carboxylic acids is 1. The number of nitrogens with zero attached hydrogens (tertiary/aromatic N) is 3. The molecule has 0 fully saturated rings. The van der Waals surface area contributed by atoms with Crippen LogP contribution < -0.4 is 0 Å². The van der Waals surface area contributed by atoms with Gasteiger partial charge in [-0.25, -0.2) is 0 Å². The van der Waals surface area contributed by atoms with Gasteiger partial charge < -0.3 is 4.84 Å². The first-order valence-corrected chi connectivity index (χ1v) is 5.39. The van der Waals surface area contributed by atoms with E-state index in [0.29, 0.717) is 11.4 Å². The third-order valence-electron chi connectivity index (χ3n) is 2.74. The molecule has 0 radical (unpaired) electrons. The summed E-state index contributed by atoms with van der Waals surface area (Å²) >= 11 is 0. The van der Waals surface area contributed by atoms with E-state index in [4.69, 9.17) is 4.84 Å². The van der Waals surface area contributed by atoms with E-state index in [0.717, 1.165) is 11.1 Å². The maximum atomic E-state index is 12.3. The molecule has 0 aromatic carbocycles. The molecule has 3 rings (SSSR count). The van der Waals surface area contributed by atoms with E-state index in [-0.39, 0.29) is 11.5 Å². The standard InChI is InChI=1S/C13H9N3O2/c1-18-16-12-10-8(4-2-6-14-10)9-5-3-7-15-11(9)13(12)17/h2-7H,1H3/b16-12+. The zero-order valence-corrected chi connectivity index (χ0v) is 9.62. The summed E-state index contributed by atoms with van der Waals surface area (Å²) in [6.07, 6.45) is 3.21. The van der Waals surface area contributed by atoms with Crippen LogP contribution in [0.4, 0.5) is 0 Å². The number of Topliss-reactive ketones (excluding diaryl/α,β-unsaturated/α-hetero) is 1. The highest BCUT2D eigenvalue weighted by Crippen LogP contribution is 2.30. The highest BCUT2D eigenvalue weighted by Gasteiger charge is 2.31. The minimum absolute atomic E-state index is 0.194. The van der Waals surface area contributed by atoms with Crippen molar-refractivity contribution in [1.29, 1.82) is 0 Å². The van der Waals surface area contributed by atoms with E-state index < -0.39 is 0 Å². The van der Waals surface area contributed by atoms with Crippen LogP contribution in [0.3, 0.4) is 0 Å². The SMILES string of the molecule is CO/N=C1/C(=O)c2ncccc2-c2cccnc21. The van der Waals surface area contributed by atoms with Crippen LogP contribution in [-0.4, -0.2) is 28.6 Å². The molecule has 0 amide bonds. The summed E-state index contributed by atoms with van der Waals surface area (Å²) in [7, 11) is 1.40. The number of fused-ring (bicyclic) bond motifs is 3. The second-order valence-corrected chi connectivity index (χ2v) is 3.75. The molecule has 1 aliphatic carbocycles. The summed E-state index contributed by atoms with van der Waals surface area (Å²) < 4.78 is 0. The van der Waals surface area contributed by atoms with Gasteiger partial charge in [-0.3, -0.25) is 14.8 Å². The fraction of sp³-hybridized carbons (Fsp3) is 0.0769. The number of ketones is 1. The topological polar surface area (TPSA) is 64.4 Å². The van der Waals surface area contributed by atoms with Crippen molar-refractivity contribution in [2.24, 2.45) is 5.16 Å². The fourth-order valence-corrected chi connectivity index (χ4v) is 2.01. The Balaban J connectivity index is 2.35. The van der Waals surface area contributed by atoms with Crippen LogP contribution in [0, 0.1) is 0 Å². The van der Waals surface area contributed by atoms with Crippen molar-refractivity contribution in [1.82, 2.24) is 9.97 Å². The number of hydrogen-bond acceptors (Lipinski definition) is 5. The van der Waals surface area contributed by atoms with Crippen molar-refractivity contribution in [3.63, 3.8) is 0 Å². The molecule has 0 N–H and O–H groups in total. The maximum absolute atomic E-state index is 12.3. The van der Waals surface area contributed by atoms with Crippen LogP contribution in [0.2, 0.25) is 0 Å². The molecule has 18 heavy (non-hydrogen) atoms. The highest BCUT2D eigenvalue weighted by atomic mass is 16.6. The Morgan fingerprint density at radius 2 is 1.67 bits per heavy atom. The Hall–Kier alpha value is -2.56. The predicted octanol–water partition coefficient (Wildman–Crippen LogP) is 1.69. The molecule has 1 aliphatic rings. The van der Waals surface area contributed by atoms with Crippen molar-refractivity contribution >= 4 is 11.5 Å². The first kappa shape index (κ1) is 10.6. The van der Waals surface area contributed by atoms with Crippen LogP contribution >= 0.6 is 0 Å². The maximum Gasteiger partial charge on any atom is 0.235 e. The zero-order chi connectivity index (χ0) is 12.5. The lowest BCUT2D eigenvalue weighted by Crippen LogP contribution is -2.24. The molecule has 0 bridgehead atoms. The highest BCUT2D eigenvalue weighted by molar-refractivity contribution is 6.53.